The van der Waals surface area contributed by atoms with Gasteiger partial charge in [-0.2, -0.15) is 4.31 Å². The minimum atomic E-state index is -3.61. The third-order valence-corrected chi connectivity index (χ3v) is 6.27. The summed E-state index contributed by atoms with van der Waals surface area (Å²) in [5.74, 6) is 0.599. The Labute approximate surface area is 142 Å². The van der Waals surface area contributed by atoms with Crippen LogP contribution >= 0.6 is 0 Å². The molecule has 3 rings (SSSR count). The topological polar surface area (TPSA) is 68.7 Å². The first-order valence-corrected chi connectivity index (χ1v) is 9.55. The molecule has 7 heteroatoms. The van der Waals surface area contributed by atoms with Gasteiger partial charge in [0.05, 0.1) is 18.1 Å². The van der Waals surface area contributed by atoms with Gasteiger partial charge in [0.1, 0.15) is 11.3 Å². The minimum absolute atomic E-state index is 0.113. The van der Waals surface area contributed by atoms with Gasteiger partial charge in [0, 0.05) is 31.3 Å². The molecule has 0 amide bonds. The van der Waals surface area contributed by atoms with Crippen molar-refractivity contribution < 1.29 is 17.9 Å². The highest BCUT2D eigenvalue weighted by atomic mass is 32.2. The first kappa shape index (κ1) is 17.1. The van der Waals surface area contributed by atoms with Gasteiger partial charge < -0.3 is 9.47 Å². The molecular formula is C17H22N2O4S. The number of benzene rings is 1. The average molecular weight is 350 g/mol. The minimum Gasteiger partial charge on any atom is -0.492 e. The standard InChI is InChI=1S/C17H22N2O4S/c1-3-23-15-8-9-16(14-7-4-10-18-17(14)15)24(20,21)19-11-5-6-13(19)12-22-2/h4,7-10,13H,3,5-6,11-12H2,1-2H3/t13-/m1/s1. The molecule has 130 valence electrons. The fraction of sp³-hybridized carbons (Fsp3) is 0.471. The van der Waals surface area contributed by atoms with Crippen molar-refractivity contribution in [3.8, 4) is 5.75 Å². The normalized spacial score (nSPS) is 19.0. The molecule has 1 aliphatic rings. The Morgan fingerprint density at radius 3 is 2.92 bits per heavy atom. The predicted molar refractivity (Wildman–Crippen MR) is 91.7 cm³/mol. The van der Waals surface area contributed by atoms with Gasteiger partial charge >= 0.3 is 0 Å². The van der Waals surface area contributed by atoms with E-state index in [-0.39, 0.29) is 10.9 Å². The van der Waals surface area contributed by atoms with Crippen LogP contribution in [0, 0.1) is 0 Å². The van der Waals surface area contributed by atoms with E-state index >= 15 is 0 Å². The van der Waals surface area contributed by atoms with Gasteiger partial charge in [-0.05, 0) is 44.0 Å². The van der Waals surface area contributed by atoms with Crippen molar-refractivity contribution in [1.82, 2.24) is 9.29 Å². The lowest BCUT2D eigenvalue weighted by Gasteiger charge is -2.24. The van der Waals surface area contributed by atoms with Crippen LogP contribution in [-0.4, -0.2) is 50.6 Å². The van der Waals surface area contributed by atoms with Crippen molar-refractivity contribution in [3.05, 3.63) is 30.5 Å². The Morgan fingerprint density at radius 1 is 1.33 bits per heavy atom. The smallest absolute Gasteiger partial charge is 0.244 e. The summed E-state index contributed by atoms with van der Waals surface area (Å²) in [5.41, 5.74) is 0.572. The van der Waals surface area contributed by atoms with E-state index in [1.165, 1.54) is 0 Å². The van der Waals surface area contributed by atoms with Crippen molar-refractivity contribution in [2.45, 2.75) is 30.7 Å². The quantitative estimate of drug-likeness (QED) is 0.800. The molecule has 24 heavy (non-hydrogen) atoms. The van der Waals surface area contributed by atoms with Gasteiger partial charge in [0.25, 0.3) is 0 Å². The second-order valence-corrected chi connectivity index (χ2v) is 7.62. The molecule has 1 saturated heterocycles. The van der Waals surface area contributed by atoms with Crippen LogP contribution in [0.3, 0.4) is 0 Å². The summed E-state index contributed by atoms with van der Waals surface area (Å²) in [7, 11) is -2.01. The number of pyridine rings is 1. The highest BCUT2D eigenvalue weighted by Gasteiger charge is 2.36. The number of sulfonamides is 1. The monoisotopic (exact) mass is 350 g/mol. The number of fused-ring (bicyclic) bond motifs is 1. The van der Waals surface area contributed by atoms with Crippen LogP contribution in [0.2, 0.25) is 0 Å². The molecule has 0 radical (unpaired) electrons. The second kappa shape index (κ2) is 7.04. The number of nitrogens with zero attached hydrogens (tertiary/aromatic N) is 2. The Kier molecular flexibility index (Phi) is 5.03. The Balaban J connectivity index is 2.10. The van der Waals surface area contributed by atoms with Gasteiger partial charge in [-0.3, -0.25) is 4.98 Å². The molecule has 0 N–H and O–H groups in total. The van der Waals surface area contributed by atoms with Crippen molar-refractivity contribution in [1.29, 1.82) is 0 Å². The van der Waals surface area contributed by atoms with Gasteiger partial charge in [-0.25, -0.2) is 8.42 Å². The van der Waals surface area contributed by atoms with E-state index in [4.69, 9.17) is 9.47 Å². The Hall–Kier alpha value is -1.70. The fourth-order valence-electron chi connectivity index (χ4n) is 3.23. The van der Waals surface area contributed by atoms with Crippen LogP contribution in [0.5, 0.6) is 5.75 Å². The fourth-order valence-corrected chi connectivity index (χ4v) is 5.09. The maximum atomic E-state index is 13.2. The molecule has 1 fully saturated rings. The maximum Gasteiger partial charge on any atom is 0.244 e. The zero-order valence-corrected chi connectivity index (χ0v) is 14.8. The van der Waals surface area contributed by atoms with E-state index in [9.17, 15) is 8.42 Å². The molecule has 0 unspecified atom stereocenters. The zero-order valence-electron chi connectivity index (χ0n) is 13.9. The third-order valence-electron chi connectivity index (χ3n) is 4.26. The molecule has 0 saturated carbocycles. The van der Waals surface area contributed by atoms with Crippen LogP contribution in [0.4, 0.5) is 0 Å². The first-order chi connectivity index (χ1) is 11.6. The SMILES string of the molecule is CCOc1ccc(S(=O)(=O)N2CCC[C@@H]2COC)c2cccnc12. The number of methoxy groups -OCH3 is 1. The van der Waals surface area contributed by atoms with E-state index in [0.717, 1.165) is 12.8 Å². The molecule has 1 aliphatic heterocycles. The lowest BCUT2D eigenvalue weighted by molar-refractivity contribution is 0.149. The van der Waals surface area contributed by atoms with Crippen molar-refractivity contribution >= 4 is 20.9 Å². The Bertz CT molecular complexity index is 822. The van der Waals surface area contributed by atoms with E-state index in [1.807, 2.05) is 6.92 Å². The van der Waals surface area contributed by atoms with Crippen LogP contribution in [0.25, 0.3) is 10.9 Å². The summed E-state index contributed by atoms with van der Waals surface area (Å²) in [6, 6.07) is 6.71. The highest BCUT2D eigenvalue weighted by Crippen LogP contribution is 2.33. The van der Waals surface area contributed by atoms with Gasteiger partial charge in [-0.1, -0.05) is 0 Å². The molecule has 1 aromatic carbocycles. The molecule has 2 aromatic rings. The summed E-state index contributed by atoms with van der Waals surface area (Å²) in [6.45, 7) is 3.32. The molecule has 6 nitrogen and oxygen atoms in total. The van der Waals surface area contributed by atoms with Crippen molar-refractivity contribution in [2.75, 3.05) is 26.9 Å². The van der Waals surface area contributed by atoms with Crippen molar-refractivity contribution in [3.63, 3.8) is 0 Å². The number of aromatic nitrogens is 1. The summed E-state index contributed by atoms with van der Waals surface area (Å²) >= 11 is 0. The summed E-state index contributed by atoms with van der Waals surface area (Å²) in [5, 5.41) is 0.589. The number of ether oxygens (including phenoxy) is 2. The summed E-state index contributed by atoms with van der Waals surface area (Å²) in [4.78, 5) is 4.60. The summed E-state index contributed by atoms with van der Waals surface area (Å²) in [6.07, 6.45) is 3.31. The molecular weight excluding hydrogens is 328 g/mol. The van der Waals surface area contributed by atoms with E-state index < -0.39 is 10.0 Å². The second-order valence-electron chi connectivity index (χ2n) is 5.76. The van der Waals surface area contributed by atoms with E-state index in [0.29, 0.717) is 36.4 Å². The predicted octanol–water partition coefficient (Wildman–Crippen LogP) is 2.43. The molecule has 1 atom stereocenters. The largest absolute Gasteiger partial charge is 0.492 e. The van der Waals surface area contributed by atoms with Crippen LogP contribution in [0.15, 0.2) is 35.4 Å². The van der Waals surface area contributed by atoms with Crippen molar-refractivity contribution in [2.24, 2.45) is 0 Å². The van der Waals surface area contributed by atoms with Gasteiger partial charge in [-0.15, -0.1) is 0 Å². The van der Waals surface area contributed by atoms with Gasteiger partial charge in [0.15, 0.2) is 0 Å². The number of hydrogen-bond donors (Lipinski definition) is 0. The zero-order chi connectivity index (χ0) is 17.2. The number of hydrogen-bond acceptors (Lipinski definition) is 5. The molecule has 1 aromatic heterocycles. The van der Waals surface area contributed by atoms with E-state index in [1.54, 1.807) is 41.9 Å². The first-order valence-electron chi connectivity index (χ1n) is 8.11. The van der Waals surface area contributed by atoms with E-state index in [2.05, 4.69) is 4.98 Å². The van der Waals surface area contributed by atoms with Crippen LogP contribution in [-0.2, 0) is 14.8 Å². The maximum absolute atomic E-state index is 13.2. The van der Waals surface area contributed by atoms with Crippen LogP contribution < -0.4 is 4.74 Å². The van der Waals surface area contributed by atoms with Crippen LogP contribution in [0.1, 0.15) is 19.8 Å². The molecule has 0 aliphatic carbocycles. The summed E-state index contributed by atoms with van der Waals surface area (Å²) < 4.78 is 38.7. The average Bonchev–Trinajstić information content (AvgIpc) is 3.05. The lowest BCUT2D eigenvalue weighted by Crippen LogP contribution is -2.38. The Morgan fingerprint density at radius 2 is 2.17 bits per heavy atom. The molecule has 0 spiro atoms. The number of rotatable bonds is 6. The molecule has 0 bridgehead atoms. The van der Waals surface area contributed by atoms with Gasteiger partial charge in [0.2, 0.25) is 10.0 Å². The third kappa shape index (κ3) is 2.99. The highest BCUT2D eigenvalue weighted by molar-refractivity contribution is 7.89. The lowest BCUT2D eigenvalue weighted by atomic mass is 10.2. The molecule has 2 heterocycles.